The molecule has 2 heterocycles. The third-order valence-corrected chi connectivity index (χ3v) is 3.04. The lowest BCUT2D eigenvalue weighted by Gasteiger charge is -2.05. The maximum atomic E-state index is 11.8. The van der Waals surface area contributed by atoms with E-state index >= 15 is 0 Å². The third-order valence-electron chi connectivity index (χ3n) is 3.04. The van der Waals surface area contributed by atoms with Crippen molar-refractivity contribution in [3.05, 3.63) is 36.3 Å². The summed E-state index contributed by atoms with van der Waals surface area (Å²) >= 11 is 0. The number of carbonyl (C=O) groups is 1. The summed E-state index contributed by atoms with van der Waals surface area (Å²) in [6.07, 6.45) is 5.30. The van der Waals surface area contributed by atoms with Crippen LogP contribution < -0.4 is 5.32 Å². The Hall–Kier alpha value is -2.21. The normalized spacial score (nSPS) is 10.9. The summed E-state index contributed by atoms with van der Waals surface area (Å²) in [5.41, 5.74) is 2.27. The maximum absolute atomic E-state index is 11.8. The fraction of sp³-hybridized carbons (Fsp3) is 0.400. The number of hydrogen-bond acceptors (Lipinski definition) is 4. The van der Waals surface area contributed by atoms with E-state index in [2.05, 4.69) is 29.2 Å². The second-order valence-corrected chi connectivity index (χ2v) is 4.98. The number of rotatable bonds is 6. The Labute approximate surface area is 124 Å². The number of carbonyl (C=O) groups excluding carboxylic acids is 1. The average Bonchev–Trinajstić information content (AvgIpc) is 2.97. The highest BCUT2D eigenvalue weighted by molar-refractivity contribution is 5.94. The van der Waals surface area contributed by atoms with Crippen molar-refractivity contribution in [3.8, 4) is 11.3 Å². The van der Waals surface area contributed by atoms with Gasteiger partial charge in [0.2, 0.25) is 0 Å². The van der Waals surface area contributed by atoms with E-state index in [1.54, 1.807) is 25.6 Å². The Morgan fingerprint density at radius 2 is 2.19 bits per heavy atom. The Kier molecular flexibility index (Phi) is 5.05. The minimum absolute atomic E-state index is 0.149. The first kappa shape index (κ1) is 15.2. The first-order chi connectivity index (χ1) is 10.1. The quantitative estimate of drug-likeness (QED) is 0.824. The molecule has 21 heavy (non-hydrogen) atoms. The zero-order valence-corrected chi connectivity index (χ0v) is 12.5. The molecule has 0 aromatic carbocycles. The Bertz CT molecular complexity index is 590. The van der Waals surface area contributed by atoms with Crippen LogP contribution in [-0.4, -0.2) is 40.9 Å². The van der Waals surface area contributed by atoms with Gasteiger partial charge in [-0.1, -0.05) is 0 Å². The Balaban J connectivity index is 2.05. The van der Waals surface area contributed by atoms with Gasteiger partial charge in [-0.05, 0) is 26.0 Å². The molecule has 0 aliphatic carbocycles. The molecule has 2 aromatic heterocycles. The monoisotopic (exact) mass is 288 g/mol. The molecule has 0 saturated heterocycles. The zero-order valence-electron chi connectivity index (χ0n) is 12.5. The van der Waals surface area contributed by atoms with Gasteiger partial charge in [0.25, 0.3) is 5.91 Å². The summed E-state index contributed by atoms with van der Waals surface area (Å²) in [5.74, 6) is -0.149. The summed E-state index contributed by atoms with van der Waals surface area (Å²) in [4.78, 5) is 16.2. The molecule has 6 nitrogen and oxygen atoms in total. The number of hydrogen-bond donors (Lipinski definition) is 1. The predicted molar refractivity (Wildman–Crippen MR) is 80.1 cm³/mol. The highest BCUT2D eigenvalue weighted by atomic mass is 16.5. The molecular weight excluding hydrogens is 268 g/mol. The lowest BCUT2D eigenvalue weighted by atomic mass is 10.2. The summed E-state index contributed by atoms with van der Waals surface area (Å²) in [5, 5.41) is 7.04. The van der Waals surface area contributed by atoms with Gasteiger partial charge in [0.15, 0.2) is 0 Å². The second-order valence-electron chi connectivity index (χ2n) is 4.98. The summed E-state index contributed by atoms with van der Waals surface area (Å²) < 4.78 is 6.76. The summed E-state index contributed by atoms with van der Waals surface area (Å²) in [7, 11) is 1.60. The van der Waals surface area contributed by atoms with E-state index in [4.69, 9.17) is 4.74 Å². The van der Waals surface area contributed by atoms with E-state index in [1.165, 1.54) is 0 Å². The van der Waals surface area contributed by atoms with Crippen LogP contribution in [0.3, 0.4) is 0 Å². The van der Waals surface area contributed by atoms with Crippen molar-refractivity contribution in [2.45, 2.75) is 19.9 Å². The van der Waals surface area contributed by atoms with Crippen LogP contribution in [0, 0.1) is 0 Å². The van der Waals surface area contributed by atoms with E-state index in [1.807, 2.05) is 16.9 Å². The van der Waals surface area contributed by atoms with Gasteiger partial charge in [-0.3, -0.25) is 14.5 Å². The van der Waals surface area contributed by atoms with Gasteiger partial charge in [-0.15, -0.1) is 0 Å². The minimum atomic E-state index is -0.149. The fourth-order valence-electron chi connectivity index (χ4n) is 1.82. The third kappa shape index (κ3) is 3.88. The molecule has 112 valence electrons. The van der Waals surface area contributed by atoms with Crippen LogP contribution in [0.4, 0.5) is 0 Å². The van der Waals surface area contributed by atoms with Crippen LogP contribution in [0.2, 0.25) is 0 Å². The molecule has 1 amide bonds. The van der Waals surface area contributed by atoms with Gasteiger partial charge in [-0.2, -0.15) is 5.10 Å². The second kappa shape index (κ2) is 6.99. The van der Waals surface area contributed by atoms with Crippen molar-refractivity contribution in [2.75, 3.05) is 20.3 Å². The van der Waals surface area contributed by atoms with Crippen LogP contribution in [0.25, 0.3) is 11.3 Å². The molecule has 2 rings (SSSR count). The van der Waals surface area contributed by atoms with Crippen molar-refractivity contribution in [1.82, 2.24) is 20.1 Å². The number of nitrogens with zero attached hydrogens (tertiary/aromatic N) is 3. The van der Waals surface area contributed by atoms with E-state index < -0.39 is 0 Å². The number of pyridine rings is 1. The first-order valence-electron chi connectivity index (χ1n) is 6.89. The highest BCUT2D eigenvalue weighted by Gasteiger charge is 2.08. The van der Waals surface area contributed by atoms with E-state index in [9.17, 15) is 4.79 Å². The number of aromatic nitrogens is 3. The van der Waals surface area contributed by atoms with Crippen molar-refractivity contribution in [3.63, 3.8) is 0 Å². The lowest BCUT2D eigenvalue weighted by molar-refractivity contribution is 0.0937. The molecule has 0 unspecified atom stereocenters. The molecule has 0 aliphatic rings. The van der Waals surface area contributed by atoms with Crippen LogP contribution in [-0.2, 0) is 4.74 Å². The standard InChI is InChI=1S/C15H20N4O2/c1-11(2)19-10-13(9-18-19)14-5-4-12(8-17-14)15(20)16-6-7-21-3/h4-5,8-11H,6-7H2,1-3H3,(H,16,20). The van der Waals surface area contributed by atoms with E-state index in [-0.39, 0.29) is 5.91 Å². The SMILES string of the molecule is COCCNC(=O)c1ccc(-c2cnn(C(C)C)c2)nc1. The van der Waals surface area contributed by atoms with Crippen LogP contribution in [0.15, 0.2) is 30.7 Å². The minimum Gasteiger partial charge on any atom is -0.383 e. The van der Waals surface area contributed by atoms with Crippen molar-refractivity contribution in [1.29, 1.82) is 0 Å². The molecule has 0 bridgehead atoms. The predicted octanol–water partition coefficient (Wildman–Crippen LogP) is 1.90. The Morgan fingerprint density at radius 1 is 1.38 bits per heavy atom. The zero-order chi connectivity index (χ0) is 15.2. The van der Waals surface area contributed by atoms with Crippen molar-refractivity contribution in [2.24, 2.45) is 0 Å². The topological polar surface area (TPSA) is 69.0 Å². The molecule has 0 aliphatic heterocycles. The van der Waals surface area contributed by atoms with Gasteiger partial charge in [0.05, 0.1) is 24.1 Å². The van der Waals surface area contributed by atoms with Crippen molar-refractivity contribution < 1.29 is 9.53 Å². The van der Waals surface area contributed by atoms with Crippen molar-refractivity contribution >= 4 is 5.91 Å². The number of amides is 1. The molecular formula is C15H20N4O2. The number of ether oxygens (including phenoxy) is 1. The number of methoxy groups -OCH3 is 1. The fourth-order valence-corrected chi connectivity index (χ4v) is 1.82. The van der Waals surface area contributed by atoms with Gasteiger partial charge in [0, 0.05) is 37.7 Å². The van der Waals surface area contributed by atoms with Crippen LogP contribution in [0.1, 0.15) is 30.2 Å². The molecule has 1 N–H and O–H groups in total. The van der Waals surface area contributed by atoms with E-state index in [0.29, 0.717) is 24.8 Å². The van der Waals surface area contributed by atoms with Crippen LogP contribution >= 0.6 is 0 Å². The summed E-state index contributed by atoms with van der Waals surface area (Å²) in [6, 6.07) is 3.90. The Morgan fingerprint density at radius 3 is 2.76 bits per heavy atom. The van der Waals surface area contributed by atoms with Gasteiger partial charge < -0.3 is 10.1 Å². The molecule has 0 fully saturated rings. The largest absolute Gasteiger partial charge is 0.383 e. The highest BCUT2D eigenvalue weighted by Crippen LogP contribution is 2.17. The smallest absolute Gasteiger partial charge is 0.252 e. The summed E-state index contributed by atoms with van der Waals surface area (Å²) in [6.45, 7) is 5.11. The first-order valence-corrected chi connectivity index (χ1v) is 6.89. The molecule has 0 atom stereocenters. The van der Waals surface area contributed by atoms with E-state index in [0.717, 1.165) is 11.3 Å². The molecule has 2 aromatic rings. The molecule has 6 heteroatoms. The molecule has 0 spiro atoms. The average molecular weight is 288 g/mol. The molecule has 0 radical (unpaired) electrons. The van der Waals surface area contributed by atoms with Crippen LogP contribution in [0.5, 0.6) is 0 Å². The van der Waals surface area contributed by atoms with Gasteiger partial charge in [-0.25, -0.2) is 0 Å². The molecule has 0 saturated carbocycles. The van der Waals surface area contributed by atoms with Gasteiger partial charge in [0.1, 0.15) is 0 Å². The lowest BCUT2D eigenvalue weighted by Crippen LogP contribution is -2.26. The van der Waals surface area contributed by atoms with Gasteiger partial charge >= 0.3 is 0 Å². The maximum Gasteiger partial charge on any atom is 0.252 e. The number of nitrogens with one attached hydrogen (secondary N) is 1.